The molecule has 1 aromatic rings. The van der Waals surface area contributed by atoms with Crippen molar-refractivity contribution in [2.75, 3.05) is 19.7 Å². The van der Waals surface area contributed by atoms with E-state index in [0.29, 0.717) is 5.92 Å². The Balaban J connectivity index is 1.45. The normalized spacial score (nSPS) is 34.0. The lowest BCUT2D eigenvalue weighted by atomic mass is 9.95. The topological polar surface area (TPSA) is 24.5 Å². The second-order valence-corrected chi connectivity index (χ2v) is 6.90. The summed E-state index contributed by atoms with van der Waals surface area (Å²) in [4.78, 5) is 2.71. The number of piperidine rings is 1. The van der Waals surface area contributed by atoms with Crippen LogP contribution >= 0.6 is 0 Å². The number of nitrogens with zero attached hydrogens (tertiary/aromatic N) is 1. The molecular weight excluding hydrogens is 260 g/mol. The van der Waals surface area contributed by atoms with E-state index in [0.717, 1.165) is 43.6 Å². The minimum absolute atomic E-state index is 0.550. The molecule has 1 N–H and O–H groups in total. The van der Waals surface area contributed by atoms with Crippen molar-refractivity contribution in [2.24, 2.45) is 0 Å². The summed E-state index contributed by atoms with van der Waals surface area (Å²) < 4.78 is 5.86. The number of hydrogen-bond acceptors (Lipinski definition) is 3. The molecule has 0 aromatic heterocycles. The third-order valence-electron chi connectivity index (χ3n) is 5.62. The van der Waals surface area contributed by atoms with Crippen LogP contribution in [-0.2, 0) is 0 Å². The number of para-hydroxylation sites is 1. The minimum Gasteiger partial charge on any atom is -0.493 e. The van der Waals surface area contributed by atoms with Crippen LogP contribution in [0.5, 0.6) is 5.75 Å². The van der Waals surface area contributed by atoms with E-state index in [1.165, 1.54) is 31.2 Å². The highest BCUT2D eigenvalue weighted by Crippen LogP contribution is 2.36. The van der Waals surface area contributed by atoms with E-state index < -0.39 is 0 Å². The molecule has 0 saturated carbocycles. The molecule has 3 unspecified atom stereocenters. The van der Waals surface area contributed by atoms with E-state index in [2.05, 4.69) is 41.4 Å². The van der Waals surface area contributed by atoms with Crippen molar-refractivity contribution in [1.29, 1.82) is 0 Å². The third-order valence-corrected chi connectivity index (χ3v) is 5.62. The van der Waals surface area contributed by atoms with Crippen molar-refractivity contribution < 1.29 is 4.74 Å². The number of likely N-dealkylation sites (N-methyl/N-ethyl adjacent to an activating group) is 1. The number of rotatable bonds is 4. The van der Waals surface area contributed by atoms with Crippen LogP contribution in [0, 0.1) is 0 Å². The molecule has 2 bridgehead atoms. The lowest BCUT2D eigenvalue weighted by Crippen LogP contribution is -2.49. The van der Waals surface area contributed by atoms with Gasteiger partial charge in [0, 0.05) is 36.2 Å². The molecule has 1 aromatic carbocycles. The van der Waals surface area contributed by atoms with E-state index in [9.17, 15) is 0 Å². The van der Waals surface area contributed by atoms with E-state index in [4.69, 9.17) is 4.74 Å². The Morgan fingerprint density at radius 2 is 1.95 bits per heavy atom. The van der Waals surface area contributed by atoms with Crippen LogP contribution in [0.1, 0.15) is 44.1 Å². The molecule has 3 heteroatoms. The zero-order chi connectivity index (χ0) is 14.2. The molecule has 3 heterocycles. The van der Waals surface area contributed by atoms with Gasteiger partial charge in [0.25, 0.3) is 0 Å². The van der Waals surface area contributed by atoms with Crippen LogP contribution in [0.2, 0.25) is 0 Å². The van der Waals surface area contributed by atoms with Gasteiger partial charge in [-0.05, 0) is 38.3 Å². The van der Waals surface area contributed by atoms with Gasteiger partial charge in [-0.15, -0.1) is 0 Å². The largest absolute Gasteiger partial charge is 0.493 e. The zero-order valence-corrected chi connectivity index (χ0v) is 12.9. The van der Waals surface area contributed by atoms with Gasteiger partial charge in [0.05, 0.1) is 6.61 Å². The molecule has 0 amide bonds. The molecule has 21 heavy (non-hydrogen) atoms. The molecule has 2 saturated heterocycles. The summed E-state index contributed by atoms with van der Waals surface area (Å²) in [5, 5.41) is 3.76. The first kappa shape index (κ1) is 13.6. The Kier molecular flexibility index (Phi) is 3.64. The van der Waals surface area contributed by atoms with Crippen molar-refractivity contribution >= 4 is 0 Å². The van der Waals surface area contributed by atoms with E-state index in [1.54, 1.807) is 0 Å². The summed E-state index contributed by atoms with van der Waals surface area (Å²) in [7, 11) is 0. The molecule has 114 valence electrons. The van der Waals surface area contributed by atoms with Gasteiger partial charge < -0.3 is 10.1 Å². The van der Waals surface area contributed by atoms with Gasteiger partial charge >= 0.3 is 0 Å². The third kappa shape index (κ3) is 2.58. The van der Waals surface area contributed by atoms with Gasteiger partial charge in [-0.2, -0.15) is 0 Å². The van der Waals surface area contributed by atoms with Crippen LogP contribution in [0.15, 0.2) is 24.3 Å². The van der Waals surface area contributed by atoms with Crippen LogP contribution in [0.4, 0.5) is 0 Å². The fourth-order valence-electron chi connectivity index (χ4n) is 4.53. The zero-order valence-electron chi connectivity index (χ0n) is 12.9. The molecule has 4 rings (SSSR count). The van der Waals surface area contributed by atoms with Gasteiger partial charge in [0.2, 0.25) is 0 Å². The van der Waals surface area contributed by atoms with Crippen LogP contribution in [-0.4, -0.2) is 42.7 Å². The molecule has 2 fully saturated rings. The lowest BCUT2D eigenvalue weighted by molar-refractivity contribution is 0.134. The molecule has 0 radical (unpaired) electrons. The van der Waals surface area contributed by atoms with Crippen molar-refractivity contribution in [1.82, 2.24) is 10.2 Å². The number of benzene rings is 1. The summed E-state index contributed by atoms with van der Waals surface area (Å²) in [5.74, 6) is 1.65. The Labute approximate surface area is 127 Å². The van der Waals surface area contributed by atoms with Gasteiger partial charge in [0.15, 0.2) is 0 Å². The summed E-state index contributed by atoms with van der Waals surface area (Å²) in [6.07, 6.45) is 5.43. The Hall–Kier alpha value is -1.06. The monoisotopic (exact) mass is 286 g/mol. The number of hydrogen-bond donors (Lipinski definition) is 1. The molecule has 0 aliphatic carbocycles. The quantitative estimate of drug-likeness (QED) is 0.921. The maximum atomic E-state index is 5.86. The number of ether oxygens (including phenoxy) is 1. The summed E-state index contributed by atoms with van der Waals surface area (Å²) in [6, 6.07) is 10.9. The predicted molar refractivity (Wildman–Crippen MR) is 84.9 cm³/mol. The second-order valence-electron chi connectivity index (χ2n) is 6.90. The summed E-state index contributed by atoms with van der Waals surface area (Å²) in [5.41, 5.74) is 1.41. The first-order valence-corrected chi connectivity index (χ1v) is 8.55. The average molecular weight is 286 g/mol. The van der Waals surface area contributed by atoms with Gasteiger partial charge in [-0.3, -0.25) is 4.90 Å². The highest BCUT2D eigenvalue weighted by atomic mass is 16.5. The van der Waals surface area contributed by atoms with Crippen molar-refractivity contribution in [3.8, 4) is 5.75 Å². The molecule has 3 aliphatic heterocycles. The van der Waals surface area contributed by atoms with E-state index >= 15 is 0 Å². The van der Waals surface area contributed by atoms with Crippen molar-refractivity contribution in [2.45, 2.75) is 56.7 Å². The molecule has 3 aliphatic rings. The van der Waals surface area contributed by atoms with E-state index in [1.807, 2.05) is 0 Å². The maximum absolute atomic E-state index is 5.86. The molecular formula is C18H26N2O. The first-order chi connectivity index (χ1) is 10.3. The highest BCUT2D eigenvalue weighted by Gasteiger charge is 2.37. The van der Waals surface area contributed by atoms with E-state index in [-0.39, 0.29) is 0 Å². The SMILES string of the molecule is CCN(CC1COc2ccccc21)C1CC2CCC(C1)N2. The Morgan fingerprint density at radius 3 is 2.71 bits per heavy atom. The molecule has 3 nitrogen and oxygen atoms in total. The maximum Gasteiger partial charge on any atom is 0.122 e. The van der Waals surface area contributed by atoms with Gasteiger partial charge in [-0.25, -0.2) is 0 Å². The lowest BCUT2D eigenvalue weighted by Gasteiger charge is -2.38. The smallest absolute Gasteiger partial charge is 0.122 e. The minimum atomic E-state index is 0.550. The molecule has 3 atom stereocenters. The summed E-state index contributed by atoms with van der Waals surface area (Å²) in [6.45, 7) is 5.47. The standard InChI is InChI=1S/C18H26N2O/c1-2-20(16-9-14-7-8-15(10-16)19-14)11-13-12-21-18-6-4-3-5-17(13)18/h3-6,13-16,19H,2,7-12H2,1H3. The van der Waals surface area contributed by atoms with Gasteiger partial charge in [0.1, 0.15) is 5.75 Å². The fraction of sp³-hybridized carbons (Fsp3) is 0.667. The van der Waals surface area contributed by atoms with Crippen LogP contribution in [0.3, 0.4) is 0 Å². The molecule has 0 spiro atoms. The second kappa shape index (κ2) is 5.62. The van der Waals surface area contributed by atoms with Crippen LogP contribution < -0.4 is 10.1 Å². The Morgan fingerprint density at radius 1 is 1.19 bits per heavy atom. The van der Waals surface area contributed by atoms with Crippen molar-refractivity contribution in [3.63, 3.8) is 0 Å². The van der Waals surface area contributed by atoms with Gasteiger partial charge in [-0.1, -0.05) is 25.1 Å². The highest BCUT2D eigenvalue weighted by molar-refractivity contribution is 5.39. The van der Waals surface area contributed by atoms with Crippen molar-refractivity contribution in [3.05, 3.63) is 29.8 Å². The average Bonchev–Trinajstić information content (AvgIpc) is 3.08. The number of fused-ring (bicyclic) bond motifs is 3. The fourth-order valence-corrected chi connectivity index (χ4v) is 4.53. The Bertz CT molecular complexity index is 492. The first-order valence-electron chi connectivity index (χ1n) is 8.55. The number of nitrogens with one attached hydrogen (secondary N) is 1. The predicted octanol–water partition coefficient (Wildman–Crippen LogP) is 2.77. The van der Waals surface area contributed by atoms with Crippen LogP contribution in [0.25, 0.3) is 0 Å². The summed E-state index contributed by atoms with van der Waals surface area (Å²) >= 11 is 0.